The number of benzene rings is 1. The molecule has 0 saturated carbocycles. The first kappa shape index (κ1) is 13.7. The van der Waals surface area contributed by atoms with Gasteiger partial charge in [0.15, 0.2) is 0 Å². The van der Waals surface area contributed by atoms with Crippen LogP contribution in [0.3, 0.4) is 0 Å². The van der Waals surface area contributed by atoms with Gasteiger partial charge in [0, 0.05) is 12.1 Å². The Morgan fingerprint density at radius 3 is 2.79 bits per heavy atom. The van der Waals surface area contributed by atoms with E-state index in [1.807, 2.05) is 0 Å². The number of aromatic nitrogens is 2. The van der Waals surface area contributed by atoms with E-state index in [0.717, 1.165) is 6.42 Å². The molecule has 0 bridgehead atoms. The van der Waals surface area contributed by atoms with E-state index in [1.54, 1.807) is 12.1 Å². The topological polar surface area (TPSA) is 64.9 Å². The van der Waals surface area contributed by atoms with Gasteiger partial charge in [-0.25, -0.2) is 4.39 Å². The predicted octanol–water partition coefficient (Wildman–Crippen LogP) is 2.96. The van der Waals surface area contributed by atoms with Crippen molar-refractivity contribution in [1.29, 1.82) is 0 Å². The molecule has 19 heavy (non-hydrogen) atoms. The molecule has 1 atom stereocenters. The van der Waals surface area contributed by atoms with E-state index in [0.29, 0.717) is 29.7 Å². The van der Waals surface area contributed by atoms with Crippen molar-refractivity contribution in [2.24, 2.45) is 11.7 Å². The maximum absolute atomic E-state index is 13.2. The Morgan fingerprint density at radius 2 is 2.16 bits per heavy atom. The van der Waals surface area contributed by atoms with E-state index in [1.165, 1.54) is 12.1 Å². The third-order valence-electron chi connectivity index (χ3n) is 2.91. The summed E-state index contributed by atoms with van der Waals surface area (Å²) in [5, 5.41) is 3.90. The molecule has 2 aromatic rings. The molecule has 0 saturated heterocycles. The monoisotopic (exact) mass is 263 g/mol. The highest BCUT2D eigenvalue weighted by Crippen LogP contribution is 2.24. The fraction of sp³-hybridized carbons (Fsp3) is 0.429. The third kappa shape index (κ3) is 3.38. The average Bonchev–Trinajstić information content (AvgIpc) is 2.85. The molecular weight excluding hydrogens is 245 g/mol. The lowest BCUT2D eigenvalue weighted by Gasteiger charge is -2.11. The molecule has 0 fully saturated rings. The van der Waals surface area contributed by atoms with Gasteiger partial charge < -0.3 is 10.3 Å². The van der Waals surface area contributed by atoms with E-state index >= 15 is 0 Å². The van der Waals surface area contributed by atoms with Gasteiger partial charge in [0.25, 0.3) is 0 Å². The van der Waals surface area contributed by atoms with Crippen LogP contribution in [0.15, 0.2) is 28.8 Å². The lowest BCUT2D eigenvalue weighted by atomic mass is 9.97. The minimum Gasteiger partial charge on any atom is -0.339 e. The van der Waals surface area contributed by atoms with Crippen LogP contribution in [0.4, 0.5) is 4.39 Å². The first-order valence-electron chi connectivity index (χ1n) is 6.39. The van der Waals surface area contributed by atoms with Crippen LogP contribution in [-0.2, 0) is 0 Å². The quantitative estimate of drug-likeness (QED) is 0.900. The maximum Gasteiger partial charge on any atom is 0.231 e. The van der Waals surface area contributed by atoms with E-state index < -0.39 is 0 Å². The first-order chi connectivity index (χ1) is 9.10. The summed E-state index contributed by atoms with van der Waals surface area (Å²) >= 11 is 0. The fourth-order valence-electron chi connectivity index (χ4n) is 2.01. The van der Waals surface area contributed by atoms with Gasteiger partial charge in [-0.3, -0.25) is 0 Å². The van der Waals surface area contributed by atoms with Gasteiger partial charge in [0.05, 0.1) is 5.92 Å². The van der Waals surface area contributed by atoms with E-state index in [-0.39, 0.29) is 11.7 Å². The van der Waals surface area contributed by atoms with Crippen LogP contribution in [0.1, 0.15) is 32.1 Å². The molecule has 1 heterocycles. The van der Waals surface area contributed by atoms with Crippen molar-refractivity contribution < 1.29 is 8.91 Å². The largest absolute Gasteiger partial charge is 0.339 e. The van der Waals surface area contributed by atoms with Crippen LogP contribution in [-0.4, -0.2) is 16.7 Å². The number of rotatable bonds is 5. The Balaban J connectivity index is 2.23. The van der Waals surface area contributed by atoms with Crippen LogP contribution in [0, 0.1) is 11.7 Å². The van der Waals surface area contributed by atoms with Crippen molar-refractivity contribution in [2.45, 2.75) is 26.2 Å². The molecule has 0 amide bonds. The average molecular weight is 263 g/mol. The maximum atomic E-state index is 13.2. The summed E-state index contributed by atoms with van der Waals surface area (Å²) in [6.45, 7) is 4.70. The number of hydrogen-bond donors (Lipinski definition) is 1. The molecule has 1 aromatic heterocycles. The fourth-order valence-corrected chi connectivity index (χ4v) is 2.01. The van der Waals surface area contributed by atoms with Crippen LogP contribution >= 0.6 is 0 Å². The van der Waals surface area contributed by atoms with Crippen molar-refractivity contribution in [1.82, 2.24) is 10.1 Å². The Labute approximate surface area is 111 Å². The molecule has 0 aliphatic heterocycles. The van der Waals surface area contributed by atoms with Crippen LogP contribution in [0.25, 0.3) is 11.4 Å². The summed E-state index contributed by atoms with van der Waals surface area (Å²) in [6.07, 6.45) is 0.890. The smallest absolute Gasteiger partial charge is 0.231 e. The lowest BCUT2D eigenvalue weighted by Crippen LogP contribution is -2.15. The first-order valence-corrected chi connectivity index (χ1v) is 6.39. The highest BCUT2D eigenvalue weighted by atomic mass is 19.1. The van der Waals surface area contributed by atoms with E-state index in [9.17, 15) is 4.39 Å². The SMILES string of the molecule is CC(C)CC(CN)c1nc(-c2cccc(F)c2)no1. The highest BCUT2D eigenvalue weighted by Gasteiger charge is 2.19. The molecule has 0 aliphatic carbocycles. The van der Waals surface area contributed by atoms with Crippen molar-refractivity contribution in [3.63, 3.8) is 0 Å². The number of hydrogen-bond acceptors (Lipinski definition) is 4. The van der Waals surface area contributed by atoms with Gasteiger partial charge >= 0.3 is 0 Å². The van der Waals surface area contributed by atoms with Gasteiger partial charge in [-0.1, -0.05) is 31.1 Å². The second-order valence-electron chi connectivity index (χ2n) is 5.03. The van der Waals surface area contributed by atoms with Gasteiger partial charge in [0.1, 0.15) is 5.82 Å². The molecule has 0 spiro atoms. The summed E-state index contributed by atoms with van der Waals surface area (Å²) < 4.78 is 18.4. The minimum atomic E-state index is -0.318. The van der Waals surface area contributed by atoms with Gasteiger partial charge in [-0.2, -0.15) is 4.98 Å². The molecule has 0 aliphatic rings. The second-order valence-corrected chi connectivity index (χ2v) is 5.03. The summed E-state index contributed by atoms with van der Waals surface area (Å²) in [6, 6.07) is 6.13. The Kier molecular flexibility index (Phi) is 4.27. The number of nitrogens with zero attached hydrogens (tertiary/aromatic N) is 2. The number of nitrogens with two attached hydrogens (primary N) is 1. The molecule has 4 nitrogen and oxygen atoms in total. The second kappa shape index (κ2) is 5.93. The summed E-state index contributed by atoms with van der Waals surface area (Å²) in [5.41, 5.74) is 6.34. The molecule has 5 heteroatoms. The van der Waals surface area contributed by atoms with Gasteiger partial charge in [0.2, 0.25) is 11.7 Å². The summed E-state index contributed by atoms with van der Waals surface area (Å²) in [7, 11) is 0. The molecule has 2 N–H and O–H groups in total. The standard InChI is InChI=1S/C14H18FN3O/c1-9(2)6-11(8-16)14-17-13(18-19-14)10-4-3-5-12(15)7-10/h3-5,7,9,11H,6,8,16H2,1-2H3. The normalized spacial score (nSPS) is 12.9. The Hall–Kier alpha value is -1.75. The van der Waals surface area contributed by atoms with Crippen molar-refractivity contribution in [3.8, 4) is 11.4 Å². The molecule has 102 valence electrons. The number of halogens is 1. The van der Waals surface area contributed by atoms with Crippen molar-refractivity contribution in [2.75, 3.05) is 6.54 Å². The van der Waals surface area contributed by atoms with Crippen LogP contribution < -0.4 is 5.73 Å². The molecule has 1 unspecified atom stereocenters. The minimum absolute atomic E-state index is 0.0507. The zero-order valence-electron chi connectivity index (χ0n) is 11.1. The van der Waals surface area contributed by atoms with Crippen LogP contribution in [0.5, 0.6) is 0 Å². The summed E-state index contributed by atoms with van der Waals surface area (Å²) in [5.74, 6) is 1.15. The Bertz CT molecular complexity index is 539. The third-order valence-corrected chi connectivity index (χ3v) is 2.91. The lowest BCUT2D eigenvalue weighted by molar-refractivity contribution is 0.335. The van der Waals surface area contributed by atoms with Crippen LogP contribution in [0.2, 0.25) is 0 Å². The predicted molar refractivity (Wildman–Crippen MR) is 70.9 cm³/mol. The van der Waals surface area contributed by atoms with E-state index in [4.69, 9.17) is 10.3 Å². The Morgan fingerprint density at radius 1 is 1.37 bits per heavy atom. The van der Waals surface area contributed by atoms with Gasteiger partial charge in [-0.15, -0.1) is 0 Å². The van der Waals surface area contributed by atoms with Gasteiger partial charge in [-0.05, 0) is 24.5 Å². The van der Waals surface area contributed by atoms with Crippen molar-refractivity contribution in [3.05, 3.63) is 36.0 Å². The summed E-state index contributed by atoms with van der Waals surface area (Å²) in [4.78, 5) is 4.32. The zero-order valence-corrected chi connectivity index (χ0v) is 11.1. The molecule has 2 rings (SSSR count). The highest BCUT2D eigenvalue weighted by molar-refractivity contribution is 5.53. The zero-order chi connectivity index (χ0) is 13.8. The molecule has 0 radical (unpaired) electrons. The molecule has 1 aromatic carbocycles. The van der Waals surface area contributed by atoms with E-state index in [2.05, 4.69) is 24.0 Å². The molecular formula is C14H18FN3O. The van der Waals surface area contributed by atoms with Crippen molar-refractivity contribution >= 4 is 0 Å².